The number of rotatable bonds is 1. The Morgan fingerprint density at radius 1 is 1.37 bits per heavy atom. The smallest absolute Gasteiger partial charge is 0.0807 e. The third-order valence-electron chi connectivity index (χ3n) is 3.72. The van der Waals surface area contributed by atoms with Crippen LogP contribution in [0.25, 0.3) is 5.69 Å². The summed E-state index contributed by atoms with van der Waals surface area (Å²) in [6.45, 7) is 2.07. The topological polar surface area (TPSA) is 25.2 Å². The summed E-state index contributed by atoms with van der Waals surface area (Å²) in [6, 6.07) is 8.18. The van der Waals surface area contributed by atoms with Crippen molar-refractivity contribution in [2.24, 2.45) is 0 Å². The zero-order chi connectivity index (χ0) is 13.6. The van der Waals surface area contributed by atoms with E-state index in [4.69, 9.17) is 11.6 Å². The fraction of sp³-hybridized carbons (Fsp3) is 0.333. The first-order chi connectivity index (χ1) is 9.08. The lowest BCUT2D eigenvalue weighted by atomic mass is 9.95. The molecule has 3 rings (SSSR count). The van der Waals surface area contributed by atoms with Crippen LogP contribution in [0, 0.1) is 10.5 Å². The van der Waals surface area contributed by atoms with Crippen LogP contribution >= 0.6 is 34.2 Å². The molecule has 0 aliphatic heterocycles. The molecule has 1 aromatic carbocycles. The van der Waals surface area contributed by atoms with Crippen LogP contribution < -0.4 is 0 Å². The van der Waals surface area contributed by atoms with Crippen LogP contribution in [0.15, 0.2) is 24.3 Å². The number of hydrogen-bond donors (Lipinski definition) is 1. The molecule has 2 nitrogen and oxygen atoms in total. The second-order valence-electron chi connectivity index (χ2n) is 5.03. The van der Waals surface area contributed by atoms with Crippen LogP contribution in [0.4, 0.5) is 0 Å². The Labute approximate surface area is 131 Å². The molecule has 1 N–H and O–H groups in total. The van der Waals surface area contributed by atoms with Crippen molar-refractivity contribution < 1.29 is 5.11 Å². The number of aliphatic hydroxyl groups excluding tert-OH is 1. The minimum Gasteiger partial charge on any atom is -0.388 e. The number of fused-ring (bicyclic) bond motifs is 1. The molecule has 19 heavy (non-hydrogen) atoms. The Hall–Kier alpha value is -0.520. The van der Waals surface area contributed by atoms with Crippen molar-refractivity contribution >= 4 is 34.2 Å². The highest BCUT2D eigenvalue weighted by molar-refractivity contribution is 14.1. The SMILES string of the molecule is Cc1cc2c(n1-c1ccc(I)cc1Cl)CCCC2O. The van der Waals surface area contributed by atoms with Gasteiger partial charge in [-0.05, 0) is 73.0 Å². The summed E-state index contributed by atoms with van der Waals surface area (Å²) in [5.74, 6) is 0. The fourth-order valence-corrected chi connectivity index (χ4v) is 3.82. The van der Waals surface area contributed by atoms with Gasteiger partial charge in [0.15, 0.2) is 0 Å². The van der Waals surface area contributed by atoms with Gasteiger partial charge in [-0.3, -0.25) is 0 Å². The van der Waals surface area contributed by atoms with Crippen LogP contribution in [0.5, 0.6) is 0 Å². The quantitative estimate of drug-likeness (QED) is 0.720. The maximum absolute atomic E-state index is 10.1. The van der Waals surface area contributed by atoms with Crippen molar-refractivity contribution in [3.8, 4) is 5.69 Å². The summed E-state index contributed by atoms with van der Waals surface area (Å²) in [5, 5.41) is 10.9. The van der Waals surface area contributed by atoms with Crippen molar-refractivity contribution in [3.63, 3.8) is 0 Å². The van der Waals surface area contributed by atoms with E-state index < -0.39 is 0 Å². The number of aryl methyl sites for hydroxylation is 1. The Bertz CT molecular complexity index is 635. The van der Waals surface area contributed by atoms with Gasteiger partial charge < -0.3 is 9.67 Å². The van der Waals surface area contributed by atoms with Gasteiger partial charge in [0.1, 0.15) is 0 Å². The van der Waals surface area contributed by atoms with Gasteiger partial charge in [0.25, 0.3) is 0 Å². The number of benzene rings is 1. The van der Waals surface area contributed by atoms with E-state index in [1.165, 1.54) is 5.69 Å². The predicted molar refractivity (Wildman–Crippen MR) is 86.1 cm³/mol. The minimum absolute atomic E-state index is 0.327. The highest BCUT2D eigenvalue weighted by atomic mass is 127. The van der Waals surface area contributed by atoms with Gasteiger partial charge in [-0.25, -0.2) is 0 Å². The Morgan fingerprint density at radius 3 is 2.89 bits per heavy atom. The molecular formula is C15H15ClINO. The van der Waals surface area contributed by atoms with E-state index in [9.17, 15) is 5.11 Å². The molecule has 1 aromatic heterocycles. The van der Waals surface area contributed by atoms with Gasteiger partial charge in [-0.2, -0.15) is 0 Å². The summed E-state index contributed by atoms with van der Waals surface area (Å²) >= 11 is 8.65. The van der Waals surface area contributed by atoms with E-state index in [0.717, 1.165) is 44.8 Å². The van der Waals surface area contributed by atoms with Gasteiger partial charge in [-0.1, -0.05) is 11.6 Å². The second-order valence-corrected chi connectivity index (χ2v) is 6.68. The summed E-state index contributed by atoms with van der Waals surface area (Å²) in [4.78, 5) is 0. The van der Waals surface area contributed by atoms with E-state index in [0.29, 0.717) is 0 Å². The molecule has 1 unspecified atom stereocenters. The predicted octanol–water partition coefficient (Wildman–Crippen LogP) is 4.41. The summed E-state index contributed by atoms with van der Waals surface area (Å²) < 4.78 is 3.32. The number of aliphatic hydroxyl groups is 1. The van der Waals surface area contributed by atoms with Gasteiger partial charge in [0.05, 0.1) is 16.8 Å². The molecule has 0 saturated carbocycles. The second kappa shape index (κ2) is 5.11. The maximum Gasteiger partial charge on any atom is 0.0807 e. The molecule has 1 heterocycles. The van der Waals surface area contributed by atoms with Gasteiger partial charge in [-0.15, -0.1) is 0 Å². The van der Waals surface area contributed by atoms with Crippen molar-refractivity contribution in [2.45, 2.75) is 32.3 Å². The van der Waals surface area contributed by atoms with Crippen LogP contribution in [-0.4, -0.2) is 9.67 Å². The zero-order valence-corrected chi connectivity index (χ0v) is 13.6. The van der Waals surface area contributed by atoms with Crippen molar-refractivity contribution in [1.82, 2.24) is 4.57 Å². The molecule has 0 fully saturated rings. The van der Waals surface area contributed by atoms with Crippen molar-refractivity contribution in [3.05, 3.63) is 49.8 Å². The van der Waals surface area contributed by atoms with E-state index in [1.54, 1.807) is 0 Å². The molecule has 2 aromatic rings. The molecule has 0 bridgehead atoms. The van der Waals surface area contributed by atoms with E-state index in [1.807, 2.05) is 6.07 Å². The first kappa shape index (κ1) is 13.5. The third-order valence-corrected chi connectivity index (χ3v) is 4.69. The minimum atomic E-state index is -0.327. The van der Waals surface area contributed by atoms with Crippen LogP contribution in [-0.2, 0) is 6.42 Å². The van der Waals surface area contributed by atoms with Crippen molar-refractivity contribution in [1.29, 1.82) is 0 Å². The Kier molecular flexibility index (Phi) is 3.62. The lowest BCUT2D eigenvalue weighted by Gasteiger charge is -2.21. The van der Waals surface area contributed by atoms with E-state index >= 15 is 0 Å². The van der Waals surface area contributed by atoms with Crippen LogP contribution in [0.2, 0.25) is 5.02 Å². The number of aromatic nitrogens is 1. The largest absolute Gasteiger partial charge is 0.388 e. The summed E-state index contributed by atoms with van der Waals surface area (Å²) in [7, 11) is 0. The molecule has 0 radical (unpaired) electrons. The highest BCUT2D eigenvalue weighted by Crippen LogP contribution is 2.35. The molecule has 0 amide bonds. The molecule has 4 heteroatoms. The van der Waals surface area contributed by atoms with Crippen LogP contribution in [0.3, 0.4) is 0 Å². The molecule has 0 spiro atoms. The molecule has 0 saturated heterocycles. The summed E-state index contributed by atoms with van der Waals surface area (Å²) in [5.41, 5.74) is 4.42. The van der Waals surface area contributed by atoms with Crippen LogP contribution in [0.1, 0.15) is 35.9 Å². The lowest BCUT2D eigenvalue weighted by Crippen LogP contribution is -2.11. The van der Waals surface area contributed by atoms with Gasteiger partial charge in [0, 0.05) is 20.5 Å². The average molecular weight is 388 g/mol. The standard InChI is InChI=1S/C15H15ClINO/c1-9-7-11-13(3-2-4-15(11)19)18(9)14-6-5-10(17)8-12(14)16/h5-8,15,19H,2-4H2,1H3. The average Bonchev–Trinajstić information content (AvgIpc) is 2.68. The normalized spacial score (nSPS) is 18.4. The molecule has 100 valence electrons. The number of halogens is 2. The first-order valence-electron chi connectivity index (χ1n) is 6.42. The maximum atomic E-state index is 10.1. The highest BCUT2D eigenvalue weighted by Gasteiger charge is 2.24. The Morgan fingerprint density at radius 2 is 2.16 bits per heavy atom. The van der Waals surface area contributed by atoms with Gasteiger partial charge in [0.2, 0.25) is 0 Å². The van der Waals surface area contributed by atoms with Crippen molar-refractivity contribution in [2.75, 3.05) is 0 Å². The fourth-order valence-electron chi connectivity index (χ4n) is 2.88. The molecule has 1 aliphatic carbocycles. The third kappa shape index (κ3) is 2.32. The van der Waals surface area contributed by atoms with E-state index in [2.05, 4.69) is 52.3 Å². The monoisotopic (exact) mass is 387 g/mol. The number of nitrogens with zero attached hydrogens (tertiary/aromatic N) is 1. The lowest BCUT2D eigenvalue weighted by molar-refractivity contribution is 0.156. The molecular weight excluding hydrogens is 373 g/mol. The zero-order valence-electron chi connectivity index (χ0n) is 10.7. The molecule has 1 aliphatic rings. The number of hydrogen-bond acceptors (Lipinski definition) is 1. The summed E-state index contributed by atoms with van der Waals surface area (Å²) in [6.07, 6.45) is 2.56. The Balaban J connectivity index is 2.20. The molecule has 1 atom stereocenters. The van der Waals surface area contributed by atoms with Gasteiger partial charge >= 0.3 is 0 Å². The van der Waals surface area contributed by atoms with E-state index in [-0.39, 0.29) is 6.10 Å². The first-order valence-corrected chi connectivity index (χ1v) is 7.88.